The van der Waals surface area contributed by atoms with Gasteiger partial charge in [0.05, 0.1) is 30.0 Å². The Morgan fingerprint density at radius 1 is 1.31 bits per heavy atom. The molecule has 0 bridgehead atoms. The van der Waals surface area contributed by atoms with Crippen LogP contribution in [0.3, 0.4) is 0 Å². The zero-order valence-electron chi connectivity index (χ0n) is 14.0. The summed E-state index contributed by atoms with van der Waals surface area (Å²) in [4.78, 5) is 13.9. The summed E-state index contributed by atoms with van der Waals surface area (Å²) in [5.74, 6) is 0.250. The van der Waals surface area contributed by atoms with E-state index in [1.807, 2.05) is 23.6 Å². The molecule has 6 nitrogen and oxygen atoms in total. The summed E-state index contributed by atoms with van der Waals surface area (Å²) in [5, 5.41) is 18.1. The highest BCUT2D eigenvalue weighted by molar-refractivity contribution is 7.12. The van der Waals surface area contributed by atoms with Crippen molar-refractivity contribution in [3.05, 3.63) is 70.3 Å². The summed E-state index contributed by atoms with van der Waals surface area (Å²) in [6.45, 7) is 0. The lowest BCUT2D eigenvalue weighted by Gasteiger charge is -2.23. The third-order valence-electron chi connectivity index (χ3n) is 4.24. The summed E-state index contributed by atoms with van der Waals surface area (Å²) in [6.07, 6.45) is 1.98. The number of para-hydroxylation sites is 1. The normalized spacial score (nSPS) is 16.6. The molecule has 2 aromatic heterocycles. The van der Waals surface area contributed by atoms with Gasteiger partial charge in [0.1, 0.15) is 0 Å². The Bertz CT molecular complexity index is 948. The number of nitrogens with zero attached hydrogens (tertiary/aromatic N) is 2. The van der Waals surface area contributed by atoms with Crippen LogP contribution in [0.4, 0.5) is 0 Å². The predicted molar refractivity (Wildman–Crippen MR) is 97.8 cm³/mol. The van der Waals surface area contributed by atoms with E-state index in [1.54, 1.807) is 35.6 Å². The molecule has 132 valence electrons. The molecular weight excluding hydrogens is 352 g/mol. The van der Waals surface area contributed by atoms with Gasteiger partial charge in [-0.05, 0) is 29.6 Å². The first-order chi connectivity index (χ1) is 12.7. The average Bonchev–Trinajstić information content (AvgIpc) is 3.41. The Morgan fingerprint density at radius 3 is 2.88 bits per heavy atom. The second-order valence-corrected chi connectivity index (χ2v) is 6.72. The minimum Gasteiger partial charge on any atom is -0.504 e. The number of phenols is 1. The van der Waals surface area contributed by atoms with Crippen LogP contribution < -0.4 is 4.74 Å². The number of methoxy groups -OCH3 is 1. The fourth-order valence-electron chi connectivity index (χ4n) is 3.07. The molecular formula is C19H16N2O4S. The molecule has 4 rings (SSSR count). The van der Waals surface area contributed by atoms with Crippen LogP contribution in [-0.2, 0) is 0 Å². The maximum Gasteiger partial charge on any atom is 0.310 e. The van der Waals surface area contributed by atoms with Gasteiger partial charge in [0, 0.05) is 12.0 Å². The lowest BCUT2D eigenvalue weighted by molar-refractivity contribution is 0.0676. The third-order valence-corrected chi connectivity index (χ3v) is 5.16. The molecule has 26 heavy (non-hydrogen) atoms. The summed E-state index contributed by atoms with van der Waals surface area (Å²) in [7, 11) is 1.49. The number of furan rings is 1. The van der Waals surface area contributed by atoms with Crippen LogP contribution in [0.1, 0.15) is 33.5 Å². The van der Waals surface area contributed by atoms with E-state index in [1.165, 1.54) is 18.4 Å². The molecule has 0 saturated carbocycles. The van der Waals surface area contributed by atoms with E-state index < -0.39 is 6.04 Å². The highest BCUT2D eigenvalue weighted by atomic mass is 32.1. The zero-order chi connectivity index (χ0) is 18.1. The number of carbonyl (C=O) groups is 1. The maximum absolute atomic E-state index is 12.9. The summed E-state index contributed by atoms with van der Waals surface area (Å²) < 4.78 is 10.6. The summed E-state index contributed by atoms with van der Waals surface area (Å²) >= 11 is 1.57. The van der Waals surface area contributed by atoms with Gasteiger partial charge in [-0.2, -0.15) is 5.10 Å². The van der Waals surface area contributed by atoms with Gasteiger partial charge in [-0.15, -0.1) is 11.3 Å². The molecule has 1 aliphatic rings. The summed E-state index contributed by atoms with van der Waals surface area (Å²) in [6, 6.07) is 11.9. The lowest BCUT2D eigenvalue weighted by Crippen LogP contribution is -2.27. The number of hydrogen-bond acceptors (Lipinski definition) is 6. The van der Waals surface area contributed by atoms with Gasteiger partial charge in [-0.1, -0.05) is 18.2 Å². The molecule has 1 atom stereocenters. The molecule has 7 heteroatoms. The molecule has 1 amide bonds. The second kappa shape index (κ2) is 6.68. The first kappa shape index (κ1) is 16.4. The molecule has 0 fully saturated rings. The van der Waals surface area contributed by atoms with E-state index in [-0.39, 0.29) is 17.4 Å². The Balaban J connectivity index is 1.78. The molecule has 0 radical (unpaired) electrons. The van der Waals surface area contributed by atoms with Crippen LogP contribution in [-0.4, -0.2) is 28.8 Å². The molecule has 3 heterocycles. The zero-order valence-corrected chi connectivity index (χ0v) is 14.8. The van der Waals surface area contributed by atoms with Crippen LogP contribution in [0.5, 0.6) is 11.5 Å². The third kappa shape index (κ3) is 2.76. The lowest BCUT2D eigenvalue weighted by atomic mass is 9.99. The Labute approximate surface area is 153 Å². The molecule has 1 aromatic carbocycles. The van der Waals surface area contributed by atoms with Gasteiger partial charge in [0.25, 0.3) is 0 Å². The molecule has 1 N–H and O–H groups in total. The number of rotatable bonds is 4. The Morgan fingerprint density at radius 2 is 2.19 bits per heavy atom. The molecule has 0 saturated heterocycles. The second-order valence-electron chi connectivity index (χ2n) is 5.77. The number of benzene rings is 1. The minimum absolute atomic E-state index is 0.0278. The van der Waals surface area contributed by atoms with Crippen molar-refractivity contribution in [1.82, 2.24) is 5.01 Å². The number of ether oxygens (including phenoxy) is 1. The highest BCUT2D eigenvalue weighted by Gasteiger charge is 2.37. The van der Waals surface area contributed by atoms with Crippen molar-refractivity contribution in [1.29, 1.82) is 0 Å². The van der Waals surface area contributed by atoms with E-state index in [0.29, 0.717) is 17.7 Å². The molecule has 1 aliphatic heterocycles. The average molecular weight is 368 g/mol. The fourth-order valence-corrected chi connectivity index (χ4v) is 3.79. The van der Waals surface area contributed by atoms with E-state index in [0.717, 1.165) is 10.6 Å². The molecule has 0 aliphatic carbocycles. The molecule has 0 spiro atoms. The number of phenolic OH excluding ortho intramolecular Hbond substituents is 1. The van der Waals surface area contributed by atoms with Crippen molar-refractivity contribution in [3.63, 3.8) is 0 Å². The van der Waals surface area contributed by atoms with Crippen molar-refractivity contribution in [2.75, 3.05) is 7.11 Å². The number of hydrogen-bond donors (Lipinski definition) is 1. The van der Waals surface area contributed by atoms with Crippen LogP contribution in [0, 0.1) is 0 Å². The smallest absolute Gasteiger partial charge is 0.310 e. The summed E-state index contributed by atoms with van der Waals surface area (Å²) in [5.41, 5.74) is 1.51. The van der Waals surface area contributed by atoms with Gasteiger partial charge >= 0.3 is 5.91 Å². The van der Waals surface area contributed by atoms with Crippen molar-refractivity contribution in [2.45, 2.75) is 12.5 Å². The quantitative estimate of drug-likeness (QED) is 0.754. The number of amides is 1. The molecule has 3 aromatic rings. The van der Waals surface area contributed by atoms with E-state index in [9.17, 15) is 9.90 Å². The fraction of sp³-hybridized carbons (Fsp3) is 0.158. The SMILES string of the molecule is COc1c(O)cccc1C1CC(c2cccs2)=NN1C(=O)c1ccco1. The van der Waals surface area contributed by atoms with Crippen LogP contribution in [0.2, 0.25) is 0 Å². The van der Waals surface area contributed by atoms with Crippen LogP contribution in [0.25, 0.3) is 0 Å². The van der Waals surface area contributed by atoms with Crippen LogP contribution in [0.15, 0.2) is 63.6 Å². The first-order valence-corrected chi connectivity index (χ1v) is 8.91. The molecule has 1 unspecified atom stereocenters. The number of carbonyl (C=O) groups excluding carboxylic acids is 1. The first-order valence-electron chi connectivity index (χ1n) is 8.03. The van der Waals surface area contributed by atoms with Gasteiger partial charge in [-0.25, -0.2) is 5.01 Å². The van der Waals surface area contributed by atoms with Gasteiger partial charge in [0.2, 0.25) is 0 Å². The number of aromatic hydroxyl groups is 1. The number of thiophene rings is 1. The Kier molecular flexibility index (Phi) is 4.22. The van der Waals surface area contributed by atoms with Gasteiger partial charge < -0.3 is 14.3 Å². The maximum atomic E-state index is 12.9. The number of hydrazone groups is 1. The standard InChI is InChI=1S/C19H16N2O4S/c1-24-18-12(5-2-6-15(18)22)14-11-13(17-8-4-10-26-17)20-21(14)19(23)16-7-3-9-25-16/h2-10,14,22H,11H2,1H3. The van der Waals surface area contributed by atoms with E-state index >= 15 is 0 Å². The Hall–Kier alpha value is -3.06. The topological polar surface area (TPSA) is 75.3 Å². The minimum atomic E-state index is -0.397. The van der Waals surface area contributed by atoms with Gasteiger partial charge in [-0.3, -0.25) is 4.79 Å². The van der Waals surface area contributed by atoms with E-state index in [4.69, 9.17) is 9.15 Å². The van der Waals surface area contributed by atoms with Crippen molar-refractivity contribution in [2.24, 2.45) is 5.10 Å². The largest absolute Gasteiger partial charge is 0.504 e. The van der Waals surface area contributed by atoms with E-state index in [2.05, 4.69) is 5.10 Å². The monoisotopic (exact) mass is 368 g/mol. The van der Waals surface area contributed by atoms with Crippen molar-refractivity contribution >= 4 is 23.0 Å². The highest BCUT2D eigenvalue weighted by Crippen LogP contribution is 2.42. The predicted octanol–water partition coefficient (Wildman–Crippen LogP) is 4.05. The van der Waals surface area contributed by atoms with Crippen molar-refractivity contribution in [3.8, 4) is 11.5 Å². The van der Waals surface area contributed by atoms with Crippen molar-refractivity contribution < 1.29 is 19.1 Å². The van der Waals surface area contributed by atoms with Gasteiger partial charge in [0.15, 0.2) is 17.3 Å². The van der Waals surface area contributed by atoms with Crippen LogP contribution >= 0.6 is 11.3 Å².